The third kappa shape index (κ3) is 5.73. The lowest BCUT2D eigenvalue weighted by atomic mass is 10.1. The molecule has 4 aromatic heterocycles. The first-order valence-corrected chi connectivity index (χ1v) is 13.9. The number of alkyl halides is 1. The second kappa shape index (κ2) is 12.7. The van der Waals surface area contributed by atoms with Gasteiger partial charge in [0.25, 0.3) is 0 Å². The Labute approximate surface area is 239 Å². The molecule has 200 valence electrons. The van der Waals surface area contributed by atoms with Gasteiger partial charge in [-0.05, 0) is 47.7 Å². The molecule has 39 heavy (non-hydrogen) atoms. The number of hydrogen-bond acceptors (Lipinski definition) is 6. The molecule has 0 amide bonds. The van der Waals surface area contributed by atoms with Crippen LogP contribution in [0, 0.1) is 0 Å². The first kappa shape index (κ1) is 28.0. The third-order valence-electron chi connectivity index (χ3n) is 6.23. The maximum atomic E-state index is 11.6. The standard InChI is InChI=1S/C15H14N2O2.C13H10N2O2.C2H5I/c1-3-17-13-8-10(15(18)19-2)4-5-11(13)12-6-7-16-9-14(12)17;1-17-13(16)8-2-3-9-10-4-5-14-7-12(10)15-11(9)6-8;1-2-3/h4-9H,3H2,1-2H3;2-7,15H,1H3;2H2,1H3. The van der Waals surface area contributed by atoms with E-state index in [0.29, 0.717) is 11.1 Å². The van der Waals surface area contributed by atoms with Crippen molar-refractivity contribution in [3.05, 3.63) is 84.4 Å². The van der Waals surface area contributed by atoms with Crippen LogP contribution in [0.3, 0.4) is 0 Å². The number of nitrogens with zero attached hydrogens (tertiary/aromatic N) is 3. The van der Waals surface area contributed by atoms with Gasteiger partial charge in [-0.15, -0.1) is 0 Å². The van der Waals surface area contributed by atoms with Gasteiger partial charge in [0.2, 0.25) is 0 Å². The molecule has 0 aliphatic rings. The molecule has 6 aromatic rings. The van der Waals surface area contributed by atoms with Crippen molar-refractivity contribution in [2.45, 2.75) is 20.4 Å². The van der Waals surface area contributed by atoms with Crippen LogP contribution in [-0.4, -0.2) is 50.1 Å². The van der Waals surface area contributed by atoms with Gasteiger partial charge in [-0.3, -0.25) is 9.97 Å². The average molecular weight is 636 g/mol. The molecular formula is C30H29IN4O4. The summed E-state index contributed by atoms with van der Waals surface area (Å²) in [4.78, 5) is 34.5. The number of halogens is 1. The molecule has 0 unspecified atom stereocenters. The number of aryl methyl sites for hydroxylation is 1. The number of methoxy groups -OCH3 is 2. The summed E-state index contributed by atoms with van der Waals surface area (Å²) >= 11 is 2.29. The highest BCUT2D eigenvalue weighted by Gasteiger charge is 2.13. The molecule has 0 aliphatic heterocycles. The molecule has 4 heterocycles. The highest BCUT2D eigenvalue weighted by molar-refractivity contribution is 14.1. The molecule has 0 fully saturated rings. The van der Waals surface area contributed by atoms with E-state index >= 15 is 0 Å². The summed E-state index contributed by atoms with van der Waals surface area (Å²) in [7, 11) is 2.77. The monoisotopic (exact) mass is 636 g/mol. The molecule has 9 heteroatoms. The van der Waals surface area contributed by atoms with Gasteiger partial charge in [0.1, 0.15) is 0 Å². The van der Waals surface area contributed by atoms with Crippen molar-refractivity contribution in [3.8, 4) is 0 Å². The Morgan fingerprint density at radius 1 is 0.769 bits per heavy atom. The maximum absolute atomic E-state index is 11.6. The quantitative estimate of drug-likeness (QED) is 0.128. The van der Waals surface area contributed by atoms with E-state index in [0.717, 1.165) is 50.2 Å². The van der Waals surface area contributed by atoms with Crippen LogP contribution >= 0.6 is 22.6 Å². The van der Waals surface area contributed by atoms with Crippen LogP contribution in [0.2, 0.25) is 0 Å². The number of ether oxygens (including phenoxy) is 2. The van der Waals surface area contributed by atoms with Crippen molar-refractivity contribution < 1.29 is 19.1 Å². The zero-order valence-electron chi connectivity index (χ0n) is 22.2. The molecule has 2 aromatic carbocycles. The number of aromatic amines is 1. The minimum absolute atomic E-state index is 0.312. The van der Waals surface area contributed by atoms with E-state index < -0.39 is 0 Å². The van der Waals surface area contributed by atoms with Crippen LogP contribution in [0.5, 0.6) is 0 Å². The van der Waals surface area contributed by atoms with Crippen LogP contribution in [0.15, 0.2) is 73.3 Å². The van der Waals surface area contributed by atoms with Crippen molar-refractivity contribution >= 4 is 78.1 Å². The van der Waals surface area contributed by atoms with Crippen LogP contribution in [-0.2, 0) is 16.0 Å². The number of aromatic nitrogens is 4. The Kier molecular flexibility index (Phi) is 9.13. The van der Waals surface area contributed by atoms with Crippen molar-refractivity contribution in [1.82, 2.24) is 19.5 Å². The molecule has 0 saturated heterocycles. The summed E-state index contributed by atoms with van der Waals surface area (Å²) in [5, 5.41) is 4.47. The topological polar surface area (TPSA) is 99.1 Å². The molecule has 0 spiro atoms. The van der Waals surface area contributed by atoms with Crippen molar-refractivity contribution in [2.75, 3.05) is 18.6 Å². The Balaban J connectivity index is 0.000000165. The van der Waals surface area contributed by atoms with Gasteiger partial charge in [0.15, 0.2) is 0 Å². The van der Waals surface area contributed by atoms with Gasteiger partial charge >= 0.3 is 11.9 Å². The number of H-pyrrole nitrogens is 1. The molecule has 0 aliphatic carbocycles. The normalized spacial score (nSPS) is 10.6. The SMILES string of the molecule is CCI.CCn1c2cnccc2c2ccc(C(=O)OC)cc21.COC(=O)c1ccc2c(c1)[nH]c1cnccc12. The minimum Gasteiger partial charge on any atom is -0.465 e. The fraction of sp³-hybridized carbons (Fsp3) is 0.200. The number of fused-ring (bicyclic) bond motifs is 6. The van der Waals surface area contributed by atoms with Crippen LogP contribution in [0.4, 0.5) is 0 Å². The van der Waals surface area contributed by atoms with Gasteiger partial charge in [0, 0.05) is 51.5 Å². The van der Waals surface area contributed by atoms with Gasteiger partial charge in [-0.25, -0.2) is 9.59 Å². The smallest absolute Gasteiger partial charge is 0.337 e. The minimum atomic E-state index is -0.330. The lowest BCUT2D eigenvalue weighted by molar-refractivity contribution is 0.0592. The number of rotatable bonds is 3. The second-order valence-electron chi connectivity index (χ2n) is 8.43. The number of hydrogen-bond donors (Lipinski definition) is 1. The average Bonchev–Trinajstić information content (AvgIpc) is 3.51. The fourth-order valence-corrected chi connectivity index (χ4v) is 4.53. The molecular weight excluding hydrogens is 607 g/mol. The second-order valence-corrected chi connectivity index (χ2v) is 9.95. The lowest BCUT2D eigenvalue weighted by Gasteiger charge is -2.04. The zero-order valence-corrected chi connectivity index (χ0v) is 24.4. The van der Waals surface area contributed by atoms with E-state index in [1.807, 2.05) is 36.5 Å². The van der Waals surface area contributed by atoms with E-state index in [2.05, 4.69) is 56.0 Å². The number of carbonyl (C=O) groups is 2. The Morgan fingerprint density at radius 3 is 1.95 bits per heavy atom. The molecule has 0 saturated carbocycles. The van der Waals surface area contributed by atoms with Crippen molar-refractivity contribution in [1.29, 1.82) is 0 Å². The Morgan fingerprint density at radius 2 is 1.31 bits per heavy atom. The van der Waals surface area contributed by atoms with E-state index in [4.69, 9.17) is 9.47 Å². The van der Waals surface area contributed by atoms with Crippen LogP contribution in [0.1, 0.15) is 34.6 Å². The number of benzene rings is 2. The first-order valence-electron chi connectivity index (χ1n) is 12.4. The fourth-order valence-electron chi connectivity index (χ4n) is 4.53. The third-order valence-corrected chi connectivity index (χ3v) is 6.23. The predicted octanol–water partition coefficient (Wildman–Crippen LogP) is 6.94. The van der Waals surface area contributed by atoms with E-state index in [-0.39, 0.29) is 11.9 Å². The van der Waals surface area contributed by atoms with Gasteiger partial charge < -0.3 is 19.0 Å². The van der Waals surface area contributed by atoms with E-state index in [1.54, 1.807) is 36.8 Å². The molecule has 6 rings (SSSR count). The van der Waals surface area contributed by atoms with Crippen LogP contribution < -0.4 is 0 Å². The van der Waals surface area contributed by atoms with Gasteiger partial charge in [-0.2, -0.15) is 0 Å². The summed E-state index contributed by atoms with van der Waals surface area (Å²) < 4.78 is 12.8. The number of pyridine rings is 2. The van der Waals surface area contributed by atoms with Crippen molar-refractivity contribution in [2.24, 2.45) is 0 Å². The largest absolute Gasteiger partial charge is 0.465 e. The number of carbonyl (C=O) groups excluding carboxylic acids is 2. The maximum Gasteiger partial charge on any atom is 0.337 e. The first-order chi connectivity index (χ1) is 19.0. The zero-order chi connectivity index (χ0) is 27.9. The summed E-state index contributed by atoms with van der Waals surface area (Å²) in [6, 6.07) is 15.1. The predicted molar refractivity (Wildman–Crippen MR) is 164 cm³/mol. The number of nitrogens with one attached hydrogen (secondary N) is 1. The molecule has 0 bridgehead atoms. The van der Waals surface area contributed by atoms with Crippen molar-refractivity contribution in [3.63, 3.8) is 0 Å². The molecule has 8 nitrogen and oxygen atoms in total. The van der Waals surface area contributed by atoms with Crippen LogP contribution in [0.25, 0.3) is 43.6 Å². The molecule has 1 N–H and O–H groups in total. The van der Waals surface area contributed by atoms with Gasteiger partial charge in [-0.1, -0.05) is 41.6 Å². The Hall–Kier alpha value is -3.99. The summed E-state index contributed by atoms with van der Waals surface area (Å²) in [6.45, 7) is 5.02. The summed E-state index contributed by atoms with van der Waals surface area (Å²) in [6.07, 6.45) is 7.17. The molecule has 0 radical (unpaired) electrons. The summed E-state index contributed by atoms with van der Waals surface area (Å²) in [5.74, 6) is -0.642. The highest BCUT2D eigenvalue weighted by atomic mass is 127. The van der Waals surface area contributed by atoms with Gasteiger partial charge in [0.05, 0.1) is 48.8 Å². The summed E-state index contributed by atoms with van der Waals surface area (Å²) in [5.41, 5.74) is 5.11. The Bertz CT molecular complexity index is 1770. The molecule has 0 atom stereocenters. The van der Waals surface area contributed by atoms with E-state index in [1.165, 1.54) is 18.6 Å². The highest BCUT2D eigenvalue weighted by Crippen LogP contribution is 2.29. The van der Waals surface area contributed by atoms with E-state index in [9.17, 15) is 9.59 Å². The number of esters is 2. The lowest BCUT2D eigenvalue weighted by Crippen LogP contribution is -2.01.